The third-order valence-corrected chi connectivity index (χ3v) is 6.80. The summed E-state index contributed by atoms with van der Waals surface area (Å²) in [7, 11) is 0. The molecule has 2 N–H and O–H groups in total. The summed E-state index contributed by atoms with van der Waals surface area (Å²) >= 11 is 0. The molecule has 24 heavy (non-hydrogen) atoms. The number of carbonyl (C=O) groups is 1. The van der Waals surface area contributed by atoms with Crippen LogP contribution >= 0.6 is 0 Å². The van der Waals surface area contributed by atoms with Crippen molar-refractivity contribution in [3.8, 4) is 0 Å². The van der Waals surface area contributed by atoms with Crippen LogP contribution in [0.15, 0.2) is 24.3 Å². The van der Waals surface area contributed by atoms with Crippen LogP contribution in [0.3, 0.4) is 0 Å². The highest BCUT2D eigenvalue weighted by molar-refractivity contribution is 5.82. The van der Waals surface area contributed by atoms with Gasteiger partial charge in [-0.15, -0.1) is 0 Å². The molecular formula is C21H30N2O. The standard InChI is InChI=1S/C21H30N2O/c1-16-6-4-7-17(12-16)20(8-2-3-9-20)15-23-19(24)18-13-21(18)10-5-11-22-14-21/h4,6-7,12,18,22H,2-3,5,8-11,13-15H2,1H3,(H,23,24). The van der Waals surface area contributed by atoms with E-state index < -0.39 is 0 Å². The lowest BCUT2D eigenvalue weighted by Gasteiger charge is -2.31. The molecule has 130 valence electrons. The van der Waals surface area contributed by atoms with Gasteiger partial charge in [0.25, 0.3) is 0 Å². The topological polar surface area (TPSA) is 41.1 Å². The first-order valence-corrected chi connectivity index (χ1v) is 9.69. The van der Waals surface area contributed by atoms with Crippen molar-refractivity contribution in [3.63, 3.8) is 0 Å². The monoisotopic (exact) mass is 326 g/mol. The van der Waals surface area contributed by atoms with Crippen LogP contribution in [0.2, 0.25) is 0 Å². The zero-order chi connectivity index (χ0) is 16.6. The predicted molar refractivity (Wildman–Crippen MR) is 97.0 cm³/mol. The molecule has 1 aromatic rings. The van der Waals surface area contributed by atoms with Crippen LogP contribution in [-0.4, -0.2) is 25.5 Å². The van der Waals surface area contributed by atoms with Crippen LogP contribution in [0, 0.1) is 18.3 Å². The van der Waals surface area contributed by atoms with Crippen molar-refractivity contribution in [1.82, 2.24) is 10.6 Å². The maximum atomic E-state index is 12.7. The molecule has 1 saturated heterocycles. The average molecular weight is 326 g/mol. The number of hydrogen-bond acceptors (Lipinski definition) is 2. The molecule has 4 rings (SSSR count). The number of nitrogens with one attached hydrogen (secondary N) is 2. The fourth-order valence-corrected chi connectivity index (χ4v) is 5.15. The van der Waals surface area contributed by atoms with Crippen molar-refractivity contribution in [2.45, 2.75) is 57.3 Å². The molecule has 1 heterocycles. The number of hydrogen-bond donors (Lipinski definition) is 2. The van der Waals surface area contributed by atoms with E-state index in [0.717, 1.165) is 26.1 Å². The molecule has 2 saturated carbocycles. The second-order valence-electron chi connectivity index (χ2n) is 8.47. The highest BCUT2D eigenvalue weighted by Gasteiger charge is 2.58. The van der Waals surface area contributed by atoms with Gasteiger partial charge in [-0.05, 0) is 56.6 Å². The third kappa shape index (κ3) is 2.88. The SMILES string of the molecule is Cc1cccc(C2(CNC(=O)C3CC34CCCNC4)CCCC2)c1. The van der Waals surface area contributed by atoms with Crippen LogP contribution < -0.4 is 10.6 Å². The molecule has 3 aliphatic rings. The molecule has 2 unspecified atom stereocenters. The molecule has 3 fully saturated rings. The Morgan fingerprint density at radius 3 is 2.79 bits per heavy atom. The fourth-order valence-electron chi connectivity index (χ4n) is 5.15. The zero-order valence-corrected chi connectivity index (χ0v) is 14.9. The van der Waals surface area contributed by atoms with E-state index in [9.17, 15) is 4.79 Å². The number of benzene rings is 1. The molecule has 1 aliphatic heterocycles. The largest absolute Gasteiger partial charge is 0.355 e. The van der Waals surface area contributed by atoms with Gasteiger partial charge in [0.05, 0.1) is 0 Å². The van der Waals surface area contributed by atoms with Crippen LogP contribution in [0.1, 0.15) is 56.1 Å². The molecule has 2 atom stereocenters. The van der Waals surface area contributed by atoms with E-state index in [1.165, 1.54) is 49.7 Å². The first-order valence-electron chi connectivity index (χ1n) is 9.69. The van der Waals surface area contributed by atoms with Gasteiger partial charge >= 0.3 is 0 Å². The van der Waals surface area contributed by atoms with Crippen LogP contribution in [0.25, 0.3) is 0 Å². The second kappa shape index (κ2) is 6.18. The first kappa shape index (κ1) is 16.1. The number of amides is 1. The summed E-state index contributed by atoms with van der Waals surface area (Å²) in [5, 5.41) is 6.83. The van der Waals surface area contributed by atoms with E-state index in [1.807, 2.05) is 0 Å². The summed E-state index contributed by atoms with van der Waals surface area (Å²) in [4.78, 5) is 12.7. The van der Waals surface area contributed by atoms with Crippen LogP contribution in [-0.2, 0) is 10.2 Å². The van der Waals surface area contributed by atoms with Crippen LogP contribution in [0.4, 0.5) is 0 Å². The van der Waals surface area contributed by atoms with E-state index in [4.69, 9.17) is 0 Å². The minimum absolute atomic E-state index is 0.161. The van der Waals surface area contributed by atoms with Crippen molar-refractivity contribution < 1.29 is 4.79 Å². The van der Waals surface area contributed by atoms with Gasteiger partial charge in [0.2, 0.25) is 5.91 Å². The Kier molecular flexibility index (Phi) is 4.16. The Bertz CT molecular complexity index is 612. The number of aryl methyl sites for hydroxylation is 1. The van der Waals surface area contributed by atoms with Gasteiger partial charge in [0.15, 0.2) is 0 Å². The van der Waals surface area contributed by atoms with Gasteiger partial charge in [0, 0.05) is 24.4 Å². The Morgan fingerprint density at radius 2 is 2.08 bits per heavy atom. The maximum Gasteiger partial charge on any atom is 0.223 e. The quantitative estimate of drug-likeness (QED) is 0.891. The summed E-state index contributed by atoms with van der Waals surface area (Å²) in [6, 6.07) is 8.90. The van der Waals surface area contributed by atoms with E-state index in [-0.39, 0.29) is 16.7 Å². The first-order chi connectivity index (χ1) is 11.6. The van der Waals surface area contributed by atoms with Gasteiger partial charge < -0.3 is 10.6 Å². The smallest absolute Gasteiger partial charge is 0.223 e. The molecule has 1 spiro atoms. The van der Waals surface area contributed by atoms with Gasteiger partial charge in [0.1, 0.15) is 0 Å². The summed E-state index contributed by atoms with van der Waals surface area (Å²) in [5.41, 5.74) is 3.19. The number of piperidine rings is 1. The van der Waals surface area contributed by atoms with Gasteiger partial charge in [-0.25, -0.2) is 0 Å². The summed E-state index contributed by atoms with van der Waals surface area (Å²) in [6.07, 6.45) is 8.49. The van der Waals surface area contributed by atoms with E-state index in [2.05, 4.69) is 41.8 Å². The molecule has 1 aromatic carbocycles. The maximum absolute atomic E-state index is 12.7. The molecule has 0 aromatic heterocycles. The Balaban J connectivity index is 1.42. The van der Waals surface area contributed by atoms with Crippen LogP contribution in [0.5, 0.6) is 0 Å². The lowest BCUT2D eigenvalue weighted by Crippen LogP contribution is -2.41. The highest BCUT2D eigenvalue weighted by atomic mass is 16.2. The van der Waals surface area contributed by atoms with Crippen molar-refractivity contribution in [2.24, 2.45) is 11.3 Å². The summed E-state index contributed by atoms with van der Waals surface area (Å²) in [5.74, 6) is 0.555. The lowest BCUT2D eigenvalue weighted by atomic mass is 9.78. The molecule has 0 radical (unpaired) electrons. The Morgan fingerprint density at radius 1 is 1.25 bits per heavy atom. The predicted octanol–water partition coefficient (Wildman–Crippen LogP) is 3.31. The molecule has 3 nitrogen and oxygen atoms in total. The second-order valence-corrected chi connectivity index (χ2v) is 8.47. The fraction of sp³-hybridized carbons (Fsp3) is 0.667. The zero-order valence-electron chi connectivity index (χ0n) is 14.9. The molecule has 0 bridgehead atoms. The molecule has 3 heteroatoms. The number of rotatable bonds is 4. The van der Waals surface area contributed by atoms with Crippen molar-refractivity contribution in [2.75, 3.05) is 19.6 Å². The van der Waals surface area contributed by atoms with Crippen molar-refractivity contribution in [3.05, 3.63) is 35.4 Å². The molecular weight excluding hydrogens is 296 g/mol. The Labute approximate surface area is 145 Å². The van der Waals surface area contributed by atoms with E-state index in [1.54, 1.807) is 0 Å². The van der Waals surface area contributed by atoms with Crippen molar-refractivity contribution in [1.29, 1.82) is 0 Å². The Hall–Kier alpha value is -1.35. The van der Waals surface area contributed by atoms with E-state index in [0.29, 0.717) is 5.91 Å². The molecule has 1 amide bonds. The summed E-state index contributed by atoms with van der Waals surface area (Å²) in [6.45, 7) is 5.13. The minimum Gasteiger partial charge on any atom is -0.355 e. The molecule has 2 aliphatic carbocycles. The highest BCUT2D eigenvalue weighted by Crippen LogP contribution is 2.56. The normalized spacial score (nSPS) is 31.1. The lowest BCUT2D eigenvalue weighted by molar-refractivity contribution is -0.123. The average Bonchev–Trinajstić information content (AvgIpc) is 3.07. The van der Waals surface area contributed by atoms with Gasteiger partial charge in [-0.2, -0.15) is 0 Å². The third-order valence-electron chi connectivity index (χ3n) is 6.80. The summed E-state index contributed by atoms with van der Waals surface area (Å²) < 4.78 is 0. The number of carbonyl (C=O) groups excluding carboxylic acids is 1. The van der Waals surface area contributed by atoms with E-state index >= 15 is 0 Å². The van der Waals surface area contributed by atoms with Gasteiger partial charge in [-0.1, -0.05) is 42.7 Å². The van der Waals surface area contributed by atoms with Crippen molar-refractivity contribution >= 4 is 5.91 Å². The van der Waals surface area contributed by atoms with Gasteiger partial charge in [-0.3, -0.25) is 4.79 Å². The minimum atomic E-state index is 0.161.